The molecule has 0 atom stereocenters. The molecule has 0 spiro atoms. The van der Waals surface area contributed by atoms with Crippen molar-refractivity contribution in [2.24, 2.45) is 0 Å². The molecule has 1 aromatic heterocycles. The fourth-order valence-corrected chi connectivity index (χ4v) is 2.78. The van der Waals surface area contributed by atoms with E-state index in [1.54, 1.807) is 6.92 Å². The Morgan fingerprint density at radius 3 is 2.76 bits per heavy atom. The third kappa shape index (κ3) is 5.88. The Bertz CT molecular complexity index is 933. The summed E-state index contributed by atoms with van der Waals surface area (Å²) >= 11 is 0. The summed E-state index contributed by atoms with van der Waals surface area (Å²) in [5, 5.41) is 10.8. The van der Waals surface area contributed by atoms with Gasteiger partial charge in [-0.05, 0) is 19.4 Å². The van der Waals surface area contributed by atoms with Gasteiger partial charge >= 0.3 is 11.7 Å². The molecule has 0 saturated heterocycles. The van der Waals surface area contributed by atoms with Gasteiger partial charge in [-0.1, -0.05) is 0 Å². The van der Waals surface area contributed by atoms with Crippen molar-refractivity contribution >= 4 is 28.7 Å². The largest absolute Gasteiger partial charge is 0.465 e. The number of carbonyl (C=O) groups excluding carboxylic acids is 2. The first kappa shape index (κ1) is 22.1. The van der Waals surface area contributed by atoms with Crippen LogP contribution in [0.4, 0.5) is 5.69 Å². The first-order valence-corrected chi connectivity index (χ1v) is 9.07. The molecule has 0 unspecified atom stereocenters. The van der Waals surface area contributed by atoms with Crippen LogP contribution >= 0.6 is 0 Å². The summed E-state index contributed by atoms with van der Waals surface area (Å²) in [5.41, 5.74) is 0.344. The van der Waals surface area contributed by atoms with E-state index >= 15 is 0 Å². The maximum Gasteiger partial charge on any atom is 0.419 e. The number of nitro benzene ring substituents is 1. The van der Waals surface area contributed by atoms with Crippen molar-refractivity contribution in [3.8, 4) is 0 Å². The summed E-state index contributed by atoms with van der Waals surface area (Å²) in [5.74, 6) is -1.43. The molecule has 1 heterocycles. The lowest BCUT2D eigenvalue weighted by atomic mass is 10.2. The van der Waals surface area contributed by atoms with Crippen LogP contribution in [0.15, 0.2) is 27.4 Å². The van der Waals surface area contributed by atoms with Gasteiger partial charge in [0.15, 0.2) is 5.58 Å². The molecule has 11 heteroatoms. The zero-order valence-corrected chi connectivity index (χ0v) is 16.3. The van der Waals surface area contributed by atoms with Gasteiger partial charge in [-0.25, -0.2) is 4.79 Å². The molecule has 0 saturated carbocycles. The second kappa shape index (κ2) is 10.4. The third-order valence-electron chi connectivity index (χ3n) is 4.18. The highest BCUT2D eigenvalue weighted by Gasteiger charge is 2.18. The molecule has 0 aliphatic carbocycles. The number of aryl methyl sites for hydroxylation is 1. The lowest BCUT2D eigenvalue weighted by molar-refractivity contribution is -0.384. The summed E-state index contributed by atoms with van der Waals surface area (Å²) in [4.78, 5) is 47.8. The van der Waals surface area contributed by atoms with Crippen molar-refractivity contribution in [1.29, 1.82) is 0 Å². The van der Waals surface area contributed by atoms with Crippen LogP contribution in [-0.2, 0) is 25.6 Å². The number of nitro groups is 1. The van der Waals surface area contributed by atoms with E-state index < -0.39 is 16.6 Å². The molecule has 0 aliphatic heterocycles. The number of nitrogens with zero attached hydrogens (tertiary/aromatic N) is 3. The standard InChI is InChI=1S/C18H23N3O8/c1-3-28-17(23)12-19(9-10-27-2)16(22)5-4-8-20-14-7-6-13(21(25)26)11-15(14)29-18(20)24/h6-7,11H,3-5,8-10,12H2,1-2H3. The van der Waals surface area contributed by atoms with Crippen LogP contribution < -0.4 is 5.76 Å². The number of aromatic nitrogens is 1. The van der Waals surface area contributed by atoms with Gasteiger partial charge < -0.3 is 18.8 Å². The Hall–Kier alpha value is -3.21. The van der Waals surface area contributed by atoms with E-state index in [0.29, 0.717) is 11.9 Å². The number of benzene rings is 1. The summed E-state index contributed by atoms with van der Waals surface area (Å²) in [6.45, 7) is 2.43. The van der Waals surface area contributed by atoms with Gasteiger partial charge in [0.25, 0.3) is 5.69 Å². The molecule has 11 nitrogen and oxygen atoms in total. The van der Waals surface area contributed by atoms with E-state index in [0.717, 1.165) is 0 Å². The van der Waals surface area contributed by atoms with E-state index in [1.807, 2.05) is 0 Å². The fraction of sp³-hybridized carbons (Fsp3) is 0.500. The molecular formula is C18H23N3O8. The number of non-ortho nitro benzene ring substituents is 1. The minimum absolute atomic E-state index is 0.0925. The molecular weight excluding hydrogens is 386 g/mol. The number of amides is 1. The van der Waals surface area contributed by atoms with Crippen LogP contribution in [0, 0.1) is 10.1 Å². The van der Waals surface area contributed by atoms with Crippen LogP contribution in [0.25, 0.3) is 11.1 Å². The summed E-state index contributed by atoms with van der Waals surface area (Å²) in [6.07, 6.45) is 0.409. The highest BCUT2D eigenvalue weighted by Crippen LogP contribution is 2.20. The van der Waals surface area contributed by atoms with Gasteiger partial charge in [-0.2, -0.15) is 0 Å². The van der Waals surface area contributed by atoms with Gasteiger partial charge in [0, 0.05) is 32.7 Å². The Morgan fingerprint density at radius 1 is 1.34 bits per heavy atom. The van der Waals surface area contributed by atoms with Crippen molar-refractivity contribution < 1.29 is 28.4 Å². The normalized spacial score (nSPS) is 10.8. The van der Waals surface area contributed by atoms with Crippen LogP contribution in [0.1, 0.15) is 19.8 Å². The smallest absolute Gasteiger partial charge is 0.419 e. The minimum atomic E-state index is -0.657. The molecule has 29 heavy (non-hydrogen) atoms. The number of rotatable bonds is 11. The van der Waals surface area contributed by atoms with Gasteiger partial charge in [0.05, 0.1) is 29.7 Å². The number of methoxy groups -OCH3 is 1. The van der Waals surface area contributed by atoms with Crippen molar-refractivity contribution in [2.75, 3.05) is 33.4 Å². The molecule has 1 amide bonds. The van der Waals surface area contributed by atoms with Crippen molar-refractivity contribution in [3.63, 3.8) is 0 Å². The van der Waals surface area contributed by atoms with Crippen LogP contribution in [0.3, 0.4) is 0 Å². The third-order valence-corrected chi connectivity index (χ3v) is 4.18. The van der Waals surface area contributed by atoms with Crippen LogP contribution in [-0.4, -0.2) is 59.7 Å². The molecule has 2 aromatic rings. The lowest BCUT2D eigenvalue weighted by Crippen LogP contribution is -2.38. The number of hydrogen-bond acceptors (Lipinski definition) is 8. The van der Waals surface area contributed by atoms with Crippen molar-refractivity contribution in [2.45, 2.75) is 26.3 Å². The van der Waals surface area contributed by atoms with E-state index in [4.69, 9.17) is 13.9 Å². The van der Waals surface area contributed by atoms with Crippen molar-refractivity contribution in [1.82, 2.24) is 9.47 Å². The number of hydrogen-bond donors (Lipinski definition) is 0. The maximum absolute atomic E-state index is 12.5. The topological polar surface area (TPSA) is 134 Å². The molecule has 0 fully saturated rings. The predicted molar refractivity (Wildman–Crippen MR) is 101 cm³/mol. The van der Waals surface area contributed by atoms with E-state index in [1.165, 1.54) is 34.8 Å². The second-order valence-electron chi connectivity index (χ2n) is 6.15. The van der Waals surface area contributed by atoms with E-state index in [9.17, 15) is 24.5 Å². The summed E-state index contributed by atoms with van der Waals surface area (Å²) < 4.78 is 16.2. The zero-order valence-electron chi connectivity index (χ0n) is 16.3. The quantitative estimate of drug-likeness (QED) is 0.308. The van der Waals surface area contributed by atoms with Crippen LogP contribution in [0.2, 0.25) is 0 Å². The molecule has 2 rings (SSSR count). The van der Waals surface area contributed by atoms with E-state index in [-0.39, 0.29) is 56.4 Å². The molecule has 158 valence electrons. The van der Waals surface area contributed by atoms with Gasteiger partial charge in [0.1, 0.15) is 6.54 Å². The number of fused-ring (bicyclic) bond motifs is 1. The van der Waals surface area contributed by atoms with E-state index in [2.05, 4.69) is 0 Å². The highest BCUT2D eigenvalue weighted by molar-refractivity contribution is 5.82. The summed E-state index contributed by atoms with van der Waals surface area (Å²) in [7, 11) is 1.49. The average Bonchev–Trinajstić information content (AvgIpc) is 2.99. The van der Waals surface area contributed by atoms with Gasteiger partial charge in [-0.15, -0.1) is 0 Å². The number of carbonyl (C=O) groups is 2. The Kier molecular flexibility index (Phi) is 7.89. The molecule has 0 radical (unpaired) electrons. The lowest BCUT2D eigenvalue weighted by Gasteiger charge is -2.21. The maximum atomic E-state index is 12.5. The Morgan fingerprint density at radius 2 is 2.10 bits per heavy atom. The molecule has 1 aromatic carbocycles. The zero-order chi connectivity index (χ0) is 21.4. The second-order valence-corrected chi connectivity index (χ2v) is 6.15. The van der Waals surface area contributed by atoms with Crippen LogP contribution in [0.5, 0.6) is 0 Å². The first-order valence-electron chi connectivity index (χ1n) is 9.07. The van der Waals surface area contributed by atoms with Crippen molar-refractivity contribution in [3.05, 3.63) is 38.9 Å². The van der Waals surface area contributed by atoms with Gasteiger partial charge in [0.2, 0.25) is 5.91 Å². The fourth-order valence-electron chi connectivity index (χ4n) is 2.78. The molecule has 0 bridgehead atoms. The molecule has 0 N–H and O–H groups in total. The monoisotopic (exact) mass is 409 g/mol. The SMILES string of the molecule is CCOC(=O)CN(CCOC)C(=O)CCCn1c(=O)oc2cc([N+](=O)[O-])ccc21. The minimum Gasteiger partial charge on any atom is -0.465 e. The number of oxazole rings is 1. The number of esters is 1. The number of ether oxygens (including phenoxy) is 2. The summed E-state index contributed by atoms with van der Waals surface area (Å²) in [6, 6.07) is 3.90. The van der Waals surface area contributed by atoms with Gasteiger partial charge in [-0.3, -0.25) is 24.3 Å². The molecule has 0 aliphatic rings. The predicted octanol–water partition coefficient (Wildman–Crippen LogP) is 1.32. The first-order chi connectivity index (χ1) is 13.9. The Balaban J connectivity index is 2.02. The average molecular weight is 409 g/mol. The Labute approximate surface area is 165 Å². The highest BCUT2D eigenvalue weighted by atomic mass is 16.6.